The predicted octanol–water partition coefficient (Wildman–Crippen LogP) is 10.8. The van der Waals surface area contributed by atoms with Gasteiger partial charge in [-0.2, -0.15) is 0 Å². The molecule has 8 rings (SSSR count). The second kappa shape index (κ2) is 10.9. The third-order valence-electron chi connectivity index (χ3n) is 7.82. The lowest BCUT2D eigenvalue weighted by molar-refractivity contribution is 0.669. The van der Waals surface area contributed by atoms with Crippen LogP contribution >= 0.6 is 11.6 Å². The second-order valence-electron chi connectivity index (χ2n) is 10.6. The molecule has 0 aliphatic carbocycles. The van der Waals surface area contributed by atoms with Gasteiger partial charge in [-0.15, -0.1) is 0 Å². The van der Waals surface area contributed by atoms with E-state index in [0.29, 0.717) is 22.5 Å². The van der Waals surface area contributed by atoms with Gasteiger partial charge in [0.15, 0.2) is 17.5 Å². The first-order valence-corrected chi connectivity index (χ1v) is 14.8. The fourth-order valence-electron chi connectivity index (χ4n) is 5.66. The van der Waals surface area contributed by atoms with Crippen LogP contribution in [0.25, 0.3) is 78.4 Å². The fourth-order valence-corrected chi connectivity index (χ4v) is 5.93. The second-order valence-corrected chi connectivity index (χ2v) is 11.0. The molecule has 8 aromatic rings. The van der Waals surface area contributed by atoms with Crippen molar-refractivity contribution in [3.8, 4) is 56.4 Å². The molecule has 0 radical (unpaired) electrons. The molecule has 6 aromatic carbocycles. The van der Waals surface area contributed by atoms with E-state index < -0.39 is 0 Å². The summed E-state index contributed by atoms with van der Waals surface area (Å²) in [5, 5.41) is 2.73. The molecule has 4 nitrogen and oxygen atoms in total. The molecule has 2 heterocycles. The Morgan fingerprint density at radius 1 is 0.386 bits per heavy atom. The first-order chi connectivity index (χ1) is 21.7. The maximum Gasteiger partial charge on any atom is 0.164 e. The Morgan fingerprint density at radius 2 is 0.932 bits per heavy atom. The Morgan fingerprint density at radius 3 is 1.64 bits per heavy atom. The summed E-state index contributed by atoms with van der Waals surface area (Å²) in [6, 6.07) is 48.7. The molecule has 0 saturated heterocycles. The molecule has 0 atom stereocenters. The van der Waals surface area contributed by atoms with Gasteiger partial charge in [-0.1, -0.05) is 121 Å². The number of para-hydroxylation sites is 1. The fraction of sp³-hybridized carbons (Fsp3) is 0. The van der Waals surface area contributed by atoms with Crippen molar-refractivity contribution in [2.45, 2.75) is 0 Å². The van der Waals surface area contributed by atoms with E-state index in [1.165, 1.54) is 0 Å². The Kier molecular flexibility index (Phi) is 6.47. The minimum atomic E-state index is 0.568. The van der Waals surface area contributed by atoms with E-state index in [4.69, 9.17) is 31.0 Å². The van der Waals surface area contributed by atoms with Crippen LogP contribution in [0.15, 0.2) is 150 Å². The van der Waals surface area contributed by atoms with Crippen molar-refractivity contribution in [2.75, 3.05) is 0 Å². The molecule has 5 heteroatoms. The highest BCUT2D eigenvalue weighted by atomic mass is 35.5. The van der Waals surface area contributed by atoms with Crippen molar-refractivity contribution in [3.05, 3.63) is 151 Å². The van der Waals surface area contributed by atoms with E-state index in [-0.39, 0.29) is 0 Å². The molecule has 2 aromatic heterocycles. The third-order valence-corrected chi connectivity index (χ3v) is 8.13. The van der Waals surface area contributed by atoms with Crippen LogP contribution in [0.1, 0.15) is 0 Å². The highest BCUT2D eigenvalue weighted by molar-refractivity contribution is 6.34. The average Bonchev–Trinajstić information content (AvgIpc) is 3.47. The molecule has 0 spiro atoms. The van der Waals surface area contributed by atoms with Crippen LogP contribution in [-0.2, 0) is 0 Å². The molecule has 0 aliphatic heterocycles. The Labute approximate surface area is 259 Å². The zero-order valence-electron chi connectivity index (χ0n) is 23.5. The Bertz CT molecular complexity index is 2280. The number of furan rings is 1. The number of halogens is 1. The summed E-state index contributed by atoms with van der Waals surface area (Å²) >= 11 is 6.96. The molecule has 0 amide bonds. The molecular formula is C39H24ClN3O. The van der Waals surface area contributed by atoms with Gasteiger partial charge in [-0.3, -0.25) is 0 Å². The molecule has 0 aliphatic rings. The van der Waals surface area contributed by atoms with E-state index in [2.05, 4.69) is 42.5 Å². The van der Waals surface area contributed by atoms with E-state index in [0.717, 1.165) is 60.9 Å². The predicted molar refractivity (Wildman–Crippen MR) is 179 cm³/mol. The SMILES string of the molecule is Clc1cc(-c2ccccc2)c(-c2nc(-c3ccccc3)nc(-c3ccc4oc5ccccc5c4c3)n2)cc1-c1ccccc1. The van der Waals surface area contributed by atoms with E-state index in [9.17, 15) is 0 Å². The number of hydrogen-bond acceptors (Lipinski definition) is 4. The van der Waals surface area contributed by atoms with E-state index >= 15 is 0 Å². The topological polar surface area (TPSA) is 51.8 Å². The van der Waals surface area contributed by atoms with Crippen LogP contribution in [0.2, 0.25) is 5.02 Å². The zero-order valence-corrected chi connectivity index (χ0v) is 24.2. The third kappa shape index (κ3) is 4.72. The van der Waals surface area contributed by atoms with Crippen LogP contribution < -0.4 is 0 Å². The summed E-state index contributed by atoms with van der Waals surface area (Å²) in [7, 11) is 0. The van der Waals surface area contributed by atoms with Crippen molar-refractivity contribution in [2.24, 2.45) is 0 Å². The van der Waals surface area contributed by atoms with Crippen molar-refractivity contribution in [1.29, 1.82) is 0 Å². The summed E-state index contributed by atoms with van der Waals surface area (Å²) in [4.78, 5) is 15.2. The summed E-state index contributed by atoms with van der Waals surface area (Å²) in [5.74, 6) is 1.74. The van der Waals surface area contributed by atoms with Gasteiger partial charge in [0.25, 0.3) is 0 Å². The number of benzene rings is 6. The van der Waals surface area contributed by atoms with Gasteiger partial charge in [0.1, 0.15) is 11.2 Å². The smallest absolute Gasteiger partial charge is 0.164 e. The molecule has 44 heavy (non-hydrogen) atoms. The highest BCUT2D eigenvalue weighted by Crippen LogP contribution is 2.40. The standard InChI is InChI=1S/C39H24ClN3O/c40-34-24-30(25-12-4-1-5-13-25)33(23-31(34)26-14-6-2-7-15-26)39-42-37(27-16-8-3-9-17-27)41-38(43-39)28-20-21-36-32(22-28)29-18-10-11-19-35(29)44-36/h1-24H. The lowest BCUT2D eigenvalue weighted by atomic mass is 9.94. The molecule has 0 N–H and O–H groups in total. The molecule has 0 saturated carbocycles. The van der Waals surface area contributed by atoms with Crippen molar-refractivity contribution < 1.29 is 4.42 Å². The molecule has 0 bridgehead atoms. The normalized spacial score (nSPS) is 11.3. The molecule has 0 unspecified atom stereocenters. The van der Waals surface area contributed by atoms with E-state index in [1.54, 1.807) is 0 Å². The zero-order chi connectivity index (χ0) is 29.5. The van der Waals surface area contributed by atoms with Gasteiger partial charge in [0.2, 0.25) is 0 Å². The number of rotatable bonds is 5. The minimum absolute atomic E-state index is 0.568. The molecular weight excluding hydrogens is 562 g/mol. The first-order valence-electron chi connectivity index (χ1n) is 14.4. The first kappa shape index (κ1) is 26.1. The lowest BCUT2D eigenvalue weighted by Gasteiger charge is -2.15. The van der Waals surface area contributed by atoms with Crippen LogP contribution in [-0.4, -0.2) is 15.0 Å². The number of fused-ring (bicyclic) bond motifs is 3. The van der Waals surface area contributed by atoms with Crippen LogP contribution in [0.5, 0.6) is 0 Å². The minimum Gasteiger partial charge on any atom is -0.456 e. The summed E-state index contributed by atoms with van der Waals surface area (Å²) in [6.45, 7) is 0. The number of aromatic nitrogens is 3. The molecule has 208 valence electrons. The van der Waals surface area contributed by atoms with Crippen molar-refractivity contribution in [1.82, 2.24) is 15.0 Å². The summed E-state index contributed by atoms with van der Waals surface area (Å²) < 4.78 is 6.09. The van der Waals surface area contributed by atoms with Crippen LogP contribution in [0.4, 0.5) is 0 Å². The summed E-state index contributed by atoms with van der Waals surface area (Å²) in [5.41, 5.74) is 8.24. The maximum absolute atomic E-state index is 6.96. The van der Waals surface area contributed by atoms with Gasteiger partial charge in [-0.25, -0.2) is 15.0 Å². The van der Waals surface area contributed by atoms with Crippen LogP contribution in [0.3, 0.4) is 0 Å². The van der Waals surface area contributed by atoms with Crippen molar-refractivity contribution >= 4 is 33.5 Å². The lowest BCUT2D eigenvalue weighted by Crippen LogP contribution is -2.01. The maximum atomic E-state index is 6.96. The van der Waals surface area contributed by atoms with Crippen molar-refractivity contribution in [3.63, 3.8) is 0 Å². The summed E-state index contributed by atoms with van der Waals surface area (Å²) in [6.07, 6.45) is 0. The monoisotopic (exact) mass is 585 g/mol. The largest absolute Gasteiger partial charge is 0.456 e. The number of nitrogens with zero attached hydrogens (tertiary/aromatic N) is 3. The number of hydrogen-bond donors (Lipinski definition) is 0. The highest BCUT2D eigenvalue weighted by Gasteiger charge is 2.19. The van der Waals surface area contributed by atoms with Gasteiger partial charge in [0.05, 0.1) is 0 Å². The Hall–Kier alpha value is -5.58. The average molecular weight is 586 g/mol. The van der Waals surface area contributed by atoms with Gasteiger partial charge >= 0.3 is 0 Å². The Balaban J connectivity index is 1.39. The van der Waals surface area contributed by atoms with Gasteiger partial charge < -0.3 is 4.42 Å². The molecule has 0 fully saturated rings. The van der Waals surface area contributed by atoms with Gasteiger partial charge in [0, 0.05) is 38.0 Å². The van der Waals surface area contributed by atoms with Crippen LogP contribution in [0, 0.1) is 0 Å². The van der Waals surface area contributed by atoms with Gasteiger partial charge in [-0.05, 0) is 53.1 Å². The quantitative estimate of drug-likeness (QED) is 0.201. The van der Waals surface area contributed by atoms with E-state index in [1.807, 2.05) is 103 Å².